The van der Waals surface area contributed by atoms with Crippen LogP contribution in [0.15, 0.2) is 29.2 Å². The van der Waals surface area contributed by atoms with Crippen LogP contribution in [0.3, 0.4) is 0 Å². The number of benzene rings is 1. The first-order chi connectivity index (χ1) is 12.2. The highest BCUT2D eigenvalue weighted by molar-refractivity contribution is 7.89. The van der Waals surface area contributed by atoms with Crippen molar-refractivity contribution < 1.29 is 13.2 Å². The van der Waals surface area contributed by atoms with Crippen LogP contribution >= 0.6 is 12.4 Å². The van der Waals surface area contributed by atoms with E-state index >= 15 is 0 Å². The molecule has 1 amide bonds. The molecule has 0 aromatic heterocycles. The summed E-state index contributed by atoms with van der Waals surface area (Å²) in [5, 5.41) is 2.81. The van der Waals surface area contributed by atoms with Crippen LogP contribution in [0.1, 0.15) is 27.2 Å². The number of halogens is 1. The van der Waals surface area contributed by atoms with Crippen molar-refractivity contribution >= 4 is 34.0 Å². The SMILES string of the molecule is CCN(CC)S(=O)(=O)c1cccc(NC(=O)CN2CCC(C)(CN)C2)c1.Cl. The predicted octanol–water partition coefficient (Wildman–Crippen LogP) is 1.75. The van der Waals surface area contributed by atoms with Gasteiger partial charge in [-0.2, -0.15) is 4.31 Å². The van der Waals surface area contributed by atoms with Gasteiger partial charge in [0.05, 0.1) is 11.4 Å². The first-order valence-corrected chi connectivity index (χ1v) is 10.5. The second-order valence-corrected chi connectivity index (χ2v) is 9.08. The fourth-order valence-corrected chi connectivity index (χ4v) is 4.78. The summed E-state index contributed by atoms with van der Waals surface area (Å²) in [6.07, 6.45) is 0.981. The highest BCUT2D eigenvalue weighted by Gasteiger charge is 2.33. The van der Waals surface area contributed by atoms with Crippen LogP contribution in [0.25, 0.3) is 0 Å². The number of amides is 1. The lowest BCUT2D eigenvalue weighted by molar-refractivity contribution is -0.117. The molecule has 1 aliphatic rings. The summed E-state index contributed by atoms with van der Waals surface area (Å²) < 4.78 is 26.6. The predicted molar refractivity (Wildman–Crippen MR) is 111 cm³/mol. The third-order valence-electron chi connectivity index (χ3n) is 4.96. The minimum atomic E-state index is -3.54. The second-order valence-electron chi connectivity index (χ2n) is 7.14. The molecule has 0 bridgehead atoms. The number of anilines is 1. The van der Waals surface area contributed by atoms with Gasteiger partial charge in [-0.3, -0.25) is 9.69 Å². The van der Waals surface area contributed by atoms with Gasteiger partial charge in [-0.1, -0.05) is 26.8 Å². The summed E-state index contributed by atoms with van der Waals surface area (Å²) >= 11 is 0. The third kappa shape index (κ3) is 5.89. The largest absolute Gasteiger partial charge is 0.330 e. The minimum absolute atomic E-state index is 0. The Morgan fingerprint density at radius 1 is 1.33 bits per heavy atom. The molecule has 0 radical (unpaired) electrons. The lowest BCUT2D eigenvalue weighted by Crippen LogP contribution is -2.35. The molecular weight excluding hydrogens is 388 g/mol. The van der Waals surface area contributed by atoms with E-state index in [1.165, 1.54) is 10.4 Å². The minimum Gasteiger partial charge on any atom is -0.330 e. The molecule has 1 aromatic carbocycles. The Labute approximate surface area is 168 Å². The van der Waals surface area contributed by atoms with E-state index in [2.05, 4.69) is 17.1 Å². The number of likely N-dealkylation sites (tertiary alicyclic amines) is 1. The van der Waals surface area contributed by atoms with Gasteiger partial charge in [-0.05, 0) is 43.1 Å². The first-order valence-electron chi connectivity index (χ1n) is 9.06. The van der Waals surface area contributed by atoms with Crippen molar-refractivity contribution in [2.75, 3.05) is 44.6 Å². The molecular formula is C18H31ClN4O3S. The fourth-order valence-electron chi connectivity index (χ4n) is 3.28. The van der Waals surface area contributed by atoms with Crippen LogP contribution in [-0.4, -0.2) is 62.8 Å². The van der Waals surface area contributed by atoms with E-state index in [1.807, 2.05) is 0 Å². The number of carbonyl (C=O) groups is 1. The standard InChI is InChI=1S/C18H30N4O3S.ClH/c1-4-22(5-2)26(24,25)16-8-6-7-15(11-16)20-17(23)12-21-10-9-18(3,13-19)14-21;/h6-8,11H,4-5,9-10,12-14,19H2,1-3H3,(H,20,23);1H. The Balaban J connectivity index is 0.00000364. The molecule has 9 heteroatoms. The maximum atomic E-state index is 12.6. The van der Waals surface area contributed by atoms with Gasteiger partial charge < -0.3 is 11.1 Å². The molecule has 2 rings (SSSR count). The summed E-state index contributed by atoms with van der Waals surface area (Å²) in [7, 11) is -3.54. The molecule has 3 N–H and O–H groups in total. The number of carbonyl (C=O) groups excluding carboxylic acids is 1. The summed E-state index contributed by atoms with van der Waals surface area (Å²) in [5.74, 6) is -0.149. The van der Waals surface area contributed by atoms with E-state index in [9.17, 15) is 13.2 Å². The Morgan fingerprint density at radius 2 is 2.00 bits per heavy atom. The topological polar surface area (TPSA) is 95.7 Å². The zero-order valence-electron chi connectivity index (χ0n) is 16.3. The second kappa shape index (κ2) is 9.84. The van der Waals surface area contributed by atoms with Crippen molar-refractivity contribution in [1.82, 2.24) is 9.21 Å². The van der Waals surface area contributed by atoms with Crippen LogP contribution in [0.2, 0.25) is 0 Å². The number of hydrogen-bond donors (Lipinski definition) is 2. The molecule has 1 aliphatic heterocycles. The molecule has 0 saturated carbocycles. The average Bonchev–Trinajstić information content (AvgIpc) is 2.97. The smallest absolute Gasteiger partial charge is 0.243 e. The third-order valence-corrected chi connectivity index (χ3v) is 7.00. The van der Waals surface area contributed by atoms with Gasteiger partial charge in [0.15, 0.2) is 0 Å². The zero-order valence-corrected chi connectivity index (χ0v) is 17.9. The Kier molecular flexibility index (Phi) is 8.69. The van der Waals surface area contributed by atoms with Crippen molar-refractivity contribution in [3.05, 3.63) is 24.3 Å². The average molecular weight is 419 g/mol. The number of nitrogens with one attached hydrogen (secondary N) is 1. The van der Waals surface area contributed by atoms with E-state index in [-0.39, 0.29) is 35.2 Å². The van der Waals surface area contributed by atoms with E-state index in [0.717, 1.165) is 19.5 Å². The van der Waals surface area contributed by atoms with Crippen LogP contribution < -0.4 is 11.1 Å². The summed E-state index contributed by atoms with van der Waals surface area (Å²) in [6, 6.07) is 6.41. The maximum Gasteiger partial charge on any atom is 0.243 e. The van der Waals surface area contributed by atoms with Gasteiger partial charge >= 0.3 is 0 Å². The van der Waals surface area contributed by atoms with Crippen molar-refractivity contribution in [2.45, 2.75) is 32.1 Å². The van der Waals surface area contributed by atoms with Gasteiger partial charge in [-0.15, -0.1) is 12.4 Å². The van der Waals surface area contributed by atoms with Crippen molar-refractivity contribution in [3.63, 3.8) is 0 Å². The molecule has 7 nitrogen and oxygen atoms in total. The molecule has 154 valence electrons. The van der Waals surface area contributed by atoms with Gasteiger partial charge in [-0.25, -0.2) is 8.42 Å². The lowest BCUT2D eigenvalue weighted by atomic mass is 9.90. The highest BCUT2D eigenvalue weighted by atomic mass is 35.5. The van der Waals surface area contributed by atoms with Gasteiger partial charge in [0.2, 0.25) is 15.9 Å². The molecule has 1 heterocycles. The van der Waals surface area contributed by atoms with Gasteiger partial charge in [0.25, 0.3) is 0 Å². The maximum absolute atomic E-state index is 12.6. The summed E-state index contributed by atoms with van der Waals surface area (Å²) in [5.41, 5.74) is 6.36. The van der Waals surface area contributed by atoms with Crippen LogP contribution in [0.4, 0.5) is 5.69 Å². The van der Waals surface area contributed by atoms with Crippen molar-refractivity contribution in [2.24, 2.45) is 11.1 Å². The van der Waals surface area contributed by atoms with Gasteiger partial charge in [0.1, 0.15) is 0 Å². The van der Waals surface area contributed by atoms with E-state index < -0.39 is 10.0 Å². The summed E-state index contributed by atoms with van der Waals surface area (Å²) in [6.45, 7) is 9.08. The first kappa shape index (κ1) is 23.8. The lowest BCUT2D eigenvalue weighted by Gasteiger charge is -2.22. The Hall–Kier alpha value is -1.19. The Morgan fingerprint density at radius 3 is 2.56 bits per heavy atom. The van der Waals surface area contributed by atoms with E-state index in [1.54, 1.807) is 32.0 Å². The van der Waals surface area contributed by atoms with Crippen LogP contribution in [-0.2, 0) is 14.8 Å². The number of rotatable bonds is 8. The molecule has 1 aromatic rings. The molecule has 27 heavy (non-hydrogen) atoms. The monoisotopic (exact) mass is 418 g/mol. The van der Waals surface area contributed by atoms with Crippen molar-refractivity contribution in [3.8, 4) is 0 Å². The van der Waals surface area contributed by atoms with E-state index in [0.29, 0.717) is 25.3 Å². The number of hydrogen-bond acceptors (Lipinski definition) is 5. The molecule has 0 spiro atoms. The highest BCUT2D eigenvalue weighted by Crippen LogP contribution is 2.28. The van der Waals surface area contributed by atoms with Crippen LogP contribution in [0.5, 0.6) is 0 Å². The molecule has 1 unspecified atom stereocenters. The number of sulfonamides is 1. The Bertz CT molecular complexity index is 740. The van der Waals surface area contributed by atoms with Gasteiger partial charge in [0, 0.05) is 25.3 Å². The quantitative estimate of drug-likeness (QED) is 0.670. The van der Waals surface area contributed by atoms with Crippen molar-refractivity contribution in [1.29, 1.82) is 0 Å². The normalized spacial score (nSPS) is 20.5. The number of nitrogens with zero attached hydrogens (tertiary/aromatic N) is 2. The van der Waals surface area contributed by atoms with E-state index in [4.69, 9.17) is 5.73 Å². The van der Waals surface area contributed by atoms with Crippen LogP contribution in [0, 0.1) is 5.41 Å². The molecule has 1 fully saturated rings. The molecule has 1 atom stereocenters. The fraction of sp³-hybridized carbons (Fsp3) is 0.611. The molecule has 0 aliphatic carbocycles. The summed E-state index contributed by atoms with van der Waals surface area (Å²) in [4.78, 5) is 14.6. The zero-order chi connectivity index (χ0) is 19.4. The number of nitrogens with two attached hydrogens (primary N) is 1. The molecule has 1 saturated heterocycles.